The minimum absolute atomic E-state index is 0.0480. The summed E-state index contributed by atoms with van der Waals surface area (Å²) in [6.07, 6.45) is -1.11. The molecule has 0 atom stereocenters. The van der Waals surface area contributed by atoms with E-state index in [0.717, 1.165) is 12.0 Å². The molecule has 0 spiro atoms. The van der Waals surface area contributed by atoms with Crippen molar-refractivity contribution in [1.29, 1.82) is 0 Å². The van der Waals surface area contributed by atoms with E-state index >= 15 is 0 Å². The van der Waals surface area contributed by atoms with Gasteiger partial charge in [0.1, 0.15) is 0 Å². The number of carbonyl (C=O) groups excluding carboxylic acids is 1. The summed E-state index contributed by atoms with van der Waals surface area (Å²) in [5, 5.41) is 3.94. The first-order valence-electron chi connectivity index (χ1n) is 8.38. The summed E-state index contributed by atoms with van der Waals surface area (Å²) < 4.78 is 68.6. The van der Waals surface area contributed by atoms with E-state index in [1.54, 1.807) is 6.92 Å². The average molecular weight is 425 g/mol. The van der Waals surface area contributed by atoms with Crippen LogP contribution in [-0.4, -0.2) is 40.3 Å². The van der Waals surface area contributed by atoms with Gasteiger partial charge in [0.15, 0.2) is 11.6 Å². The quantitative estimate of drug-likeness (QED) is 0.621. The van der Waals surface area contributed by atoms with E-state index in [9.17, 15) is 26.7 Å². The van der Waals surface area contributed by atoms with Crippen molar-refractivity contribution in [2.75, 3.05) is 13.2 Å². The fourth-order valence-corrected chi connectivity index (χ4v) is 3.58. The summed E-state index contributed by atoms with van der Waals surface area (Å²) in [6.45, 7) is 7.54. The second kappa shape index (κ2) is 7.76. The Hall–Kier alpha value is -2.04. The Morgan fingerprint density at radius 2 is 1.93 bits per heavy atom. The van der Waals surface area contributed by atoms with Crippen LogP contribution < -0.4 is 4.74 Å². The minimum Gasteiger partial charge on any atom is -0.459 e. The van der Waals surface area contributed by atoms with Gasteiger partial charge >= 0.3 is 12.1 Å². The molecule has 1 aliphatic rings. The number of halogens is 5. The third-order valence-electron chi connectivity index (χ3n) is 3.95. The van der Waals surface area contributed by atoms with Gasteiger partial charge in [-0.1, -0.05) is 41.9 Å². The normalized spacial score (nSPS) is 17.0. The molecule has 11 heteroatoms. The van der Waals surface area contributed by atoms with Crippen LogP contribution in [0.25, 0.3) is 0 Å². The summed E-state index contributed by atoms with van der Waals surface area (Å²) in [7, 11) is 0. The van der Waals surface area contributed by atoms with Crippen molar-refractivity contribution in [2.24, 2.45) is 5.41 Å². The van der Waals surface area contributed by atoms with Gasteiger partial charge in [-0.05, 0) is 31.8 Å². The molecule has 5 nitrogen and oxygen atoms in total. The molecule has 0 N–H and O–H groups in total. The zero-order chi connectivity index (χ0) is 21.3. The lowest BCUT2D eigenvalue weighted by molar-refractivity contribution is -0.289. The van der Waals surface area contributed by atoms with Crippen LogP contribution in [0, 0.1) is 5.41 Å². The van der Waals surface area contributed by atoms with Crippen LogP contribution in [0.2, 0.25) is 0 Å². The number of hydrogen-bond donors (Lipinski definition) is 0. The van der Waals surface area contributed by atoms with Crippen molar-refractivity contribution >= 4 is 17.2 Å². The smallest absolute Gasteiger partial charge is 0.459 e. The molecule has 0 saturated carbocycles. The maximum atomic E-state index is 13.2. The zero-order valence-electron chi connectivity index (χ0n) is 15.7. The second-order valence-electron chi connectivity index (χ2n) is 7.10. The van der Waals surface area contributed by atoms with Crippen LogP contribution in [0.5, 0.6) is 5.19 Å². The molecule has 0 bridgehead atoms. The fourth-order valence-electron chi connectivity index (χ4n) is 2.89. The second-order valence-corrected chi connectivity index (χ2v) is 8.04. The molecule has 0 aliphatic heterocycles. The van der Waals surface area contributed by atoms with Crippen molar-refractivity contribution in [1.82, 2.24) is 15.1 Å². The van der Waals surface area contributed by atoms with Crippen LogP contribution in [0.15, 0.2) is 23.4 Å². The van der Waals surface area contributed by atoms with Crippen LogP contribution in [-0.2, 0) is 10.7 Å². The number of rotatable bonds is 6. The summed E-state index contributed by atoms with van der Waals surface area (Å²) >= 11 is -0.0480. The van der Waals surface area contributed by atoms with Gasteiger partial charge in [-0.3, -0.25) is 4.79 Å². The number of likely N-dealkylation sites (N-methyl/N-ethyl adjacent to an activating group) is 1. The Kier molecular flexibility index (Phi) is 6.17. The Labute approximate surface area is 162 Å². The average Bonchev–Trinajstić information content (AvgIpc) is 3.00. The molecule has 28 heavy (non-hydrogen) atoms. The van der Waals surface area contributed by atoms with E-state index in [1.165, 1.54) is 4.90 Å². The molecule has 0 fully saturated rings. The van der Waals surface area contributed by atoms with Gasteiger partial charge < -0.3 is 9.64 Å². The summed E-state index contributed by atoms with van der Waals surface area (Å²) in [4.78, 5) is 13.9. The van der Waals surface area contributed by atoms with Gasteiger partial charge in [0.05, 0.1) is 0 Å². The first kappa shape index (κ1) is 22.3. The summed E-state index contributed by atoms with van der Waals surface area (Å²) in [5.74, 6) is -5.61. The zero-order valence-corrected chi connectivity index (χ0v) is 16.5. The highest BCUT2D eigenvalue weighted by atomic mass is 32.1. The minimum atomic E-state index is -5.79. The van der Waals surface area contributed by atoms with Crippen LogP contribution in [0.3, 0.4) is 0 Å². The van der Waals surface area contributed by atoms with Gasteiger partial charge in [0, 0.05) is 12.2 Å². The molecule has 1 aromatic rings. The van der Waals surface area contributed by atoms with Gasteiger partial charge in [-0.15, -0.1) is 5.10 Å². The summed E-state index contributed by atoms with van der Waals surface area (Å²) in [5.41, 5.74) is 1.64. The van der Waals surface area contributed by atoms with Crippen molar-refractivity contribution in [3.05, 3.63) is 28.4 Å². The fraction of sp³-hybridized carbons (Fsp3) is 0.588. The molecular weight excluding hydrogens is 405 g/mol. The molecule has 0 saturated heterocycles. The topological polar surface area (TPSA) is 55.3 Å². The van der Waals surface area contributed by atoms with Gasteiger partial charge in [0.2, 0.25) is 0 Å². The summed E-state index contributed by atoms with van der Waals surface area (Å²) in [6, 6.07) is 0. The number of aromatic nitrogens is 2. The number of amides is 1. The van der Waals surface area contributed by atoms with Crippen LogP contribution in [0.4, 0.5) is 22.0 Å². The Morgan fingerprint density at radius 1 is 1.29 bits per heavy atom. The van der Waals surface area contributed by atoms with E-state index in [4.69, 9.17) is 4.74 Å². The lowest BCUT2D eigenvalue weighted by Crippen LogP contribution is -2.35. The maximum Gasteiger partial charge on any atom is 0.460 e. The lowest BCUT2D eigenvalue weighted by Gasteiger charge is -2.31. The van der Waals surface area contributed by atoms with E-state index in [2.05, 4.69) is 10.2 Å². The Bertz CT molecular complexity index is 799. The first-order chi connectivity index (χ1) is 12.8. The molecule has 1 amide bonds. The van der Waals surface area contributed by atoms with Gasteiger partial charge in [-0.25, -0.2) is 0 Å². The van der Waals surface area contributed by atoms with E-state index in [1.807, 2.05) is 32.9 Å². The Morgan fingerprint density at radius 3 is 2.46 bits per heavy atom. The van der Waals surface area contributed by atoms with Gasteiger partial charge in [-0.2, -0.15) is 22.0 Å². The molecule has 156 valence electrons. The number of nitrogens with zero attached hydrogens (tertiary/aromatic N) is 3. The highest BCUT2D eigenvalue weighted by Crippen LogP contribution is 2.45. The molecule has 1 aromatic heterocycles. The van der Waals surface area contributed by atoms with Gasteiger partial charge in [0.25, 0.3) is 11.1 Å². The van der Waals surface area contributed by atoms with E-state index in [-0.39, 0.29) is 16.8 Å². The number of allylic oxidation sites excluding steroid dienone is 3. The van der Waals surface area contributed by atoms with Crippen molar-refractivity contribution in [3.8, 4) is 5.19 Å². The SMILES string of the molecule is CCN(C(=O)COc1nnc(C(F)(F)C(F)(F)F)s1)C1=CC(C)(C)CC(C)=C1. The highest BCUT2D eigenvalue weighted by Gasteiger charge is 2.61. The predicted molar refractivity (Wildman–Crippen MR) is 93.0 cm³/mol. The van der Waals surface area contributed by atoms with Crippen molar-refractivity contribution in [3.63, 3.8) is 0 Å². The molecule has 0 radical (unpaired) electrons. The molecule has 0 unspecified atom stereocenters. The molecule has 2 rings (SSSR count). The van der Waals surface area contributed by atoms with Crippen molar-refractivity contribution < 1.29 is 31.5 Å². The molecule has 0 aromatic carbocycles. The highest BCUT2D eigenvalue weighted by molar-refractivity contribution is 7.13. The number of hydrogen-bond acceptors (Lipinski definition) is 5. The Balaban J connectivity index is 2.09. The first-order valence-corrected chi connectivity index (χ1v) is 9.20. The van der Waals surface area contributed by atoms with Crippen LogP contribution in [0.1, 0.15) is 39.1 Å². The number of alkyl halides is 5. The third kappa shape index (κ3) is 4.86. The van der Waals surface area contributed by atoms with Crippen molar-refractivity contribution in [2.45, 2.75) is 46.2 Å². The van der Waals surface area contributed by atoms with E-state index < -0.39 is 34.8 Å². The third-order valence-corrected chi connectivity index (χ3v) is 4.85. The van der Waals surface area contributed by atoms with E-state index in [0.29, 0.717) is 12.2 Å². The van der Waals surface area contributed by atoms with Crippen LogP contribution >= 0.6 is 11.3 Å². The lowest BCUT2D eigenvalue weighted by atomic mass is 9.81. The molecular formula is C17H20F5N3O2S. The number of carbonyl (C=O) groups is 1. The molecule has 1 heterocycles. The standard InChI is InChI=1S/C17H20F5N3O2S/c1-5-25(11-6-10(2)7-15(3,4)8-11)12(26)9-27-14-24-23-13(28-14)16(18,19)17(20,21)22/h6,8H,5,7,9H2,1-4H3. The predicted octanol–water partition coefficient (Wildman–Crippen LogP) is 4.68. The monoisotopic (exact) mass is 425 g/mol. The largest absolute Gasteiger partial charge is 0.460 e. The maximum absolute atomic E-state index is 13.2. The number of ether oxygens (including phenoxy) is 1. The molecule has 1 aliphatic carbocycles.